The lowest BCUT2D eigenvalue weighted by molar-refractivity contribution is -0.140. The Labute approximate surface area is 134 Å². The first-order valence-electron chi connectivity index (χ1n) is 6.69. The van der Waals surface area contributed by atoms with Gasteiger partial charge in [-0.1, -0.05) is 12.5 Å². The molecule has 0 saturated heterocycles. The van der Waals surface area contributed by atoms with Gasteiger partial charge in [0.2, 0.25) is 10.0 Å². The predicted molar refractivity (Wildman–Crippen MR) is 84.6 cm³/mol. The number of hydrogen-bond acceptors (Lipinski definition) is 4. The summed E-state index contributed by atoms with van der Waals surface area (Å²) in [5.41, 5.74) is 0.989. The normalized spacial score (nSPS) is 11.4. The van der Waals surface area contributed by atoms with Gasteiger partial charge in [0.25, 0.3) is 0 Å². The summed E-state index contributed by atoms with van der Waals surface area (Å²) in [6, 6.07) is 5.11. The van der Waals surface area contributed by atoms with E-state index in [2.05, 4.69) is 25.4 Å². The number of benzene rings is 1. The van der Waals surface area contributed by atoms with Crippen LogP contribution in [0.4, 0.5) is 0 Å². The van der Waals surface area contributed by atoms with Crippen LogP contribution in [0.3, 0.4) is 0 Å². The van der Waals surface area contributed by atoms with Crippen LogP contribution < -0.4 is 4.72 Å². The molecule has 0 bridgehead atoms. The molecule has 1 aromatic rings. The molecule has 0 spiro atoms. The van der Waals surface area contributed by atoms with Crippen molar-refractivity contribution >= 4 is 31.9 Å². The van der Waals surface area contributed by atoms with Crippen LogP contribution in [-0.4, -0.2) is 28.0 Å². The third-order valence-electron chi connectivity index (χ3n) is 2.95. The molecule has 0 fully saturated rings. The Morgan fingerprint density at radius 1 is 1.29 bits per heavy atom. The summed E-state index contributed by atoms with van der Waals surface area (Å²) >= 11 is 3.27. The molecule has 1 aromatic carbocycles. The number of methoxy groups -OCH3 is 1. The van der Waals surface area contributed by atoms with E-state index in [0.29, 0.717) is 30.3 Å². The Morgan fingerprint density at radius 3 is 2.62 bits per heavy atom. The van der Waals surface area contributed by atoms with Crippen LogP contribution in [0.2, 0.25) is 0 Å². The van der Waals surface area contributed by atoms with Gasteiger partial charge in [0.05, 0.1) is 12.0 Å². The maximum Gasteiger partial charge on any atom is 0.305 e. The third kappa shape index (κ3) is 6.15. The number of hydrogen-bond donors (Lipinski definition) is 1. The maximum atomic E-state index is 12.1. The van der Waals surface area contributed by atoms with Crippen molar-refractivity contribution in [2.75, 3.05) is 13.7 Å². The fourth-order valence-electron chi connectivity index (χ4n) is 1.78. The molecule has 0 aliphatic rings. The van der Waals surface area contributed by atoms with Gasteiger partial charge in [-0.2, -0.15) is 0 Å². The zero-order valence-electron chi connectivity index (χ0n) is 12.2. The zero-order chi connectivity index (χ0) is 15.9. The standard InChI is InChI=1S/C14H20BrNO4S/c1-11-7-8-13(12(15)10-11)21(18,19)16-9-5-3-4-6-14(17)20-2/h7-8,10,16H,3-6,9H2,1-2H3. The first kappa shape index (κ1) is 18.1. The predicted octanol–water partition coefficient (Wildman–Crippen LogP) is 2.77. The van der Waals surface area contributed by atoms with Crippen LogP contribution in [0, 0.1) is 6.92 Å². The van der Waals surface area contributed by atoms with Gasteiger partial charge in [0, 0.05) is 17.4 Å². The van der Waals surface area contributed by atoms with Crippen LogP contribution in [0.25, 0.3) is 0 Å². The summed E-state index contributed by atoms with van der Waals surface area (Å²) in [6.07, 6.45) is 2.52. The molecule has 21 heavy (non-hydrogen) atoms. The monoisotopic (exact) mass is 377 g/mol. The van der Waals surface area contributed by atoms with E-state index in [0.717, 1.165) is 12.0 Å². The van der Waals surface area contributed by atoms with Crippen molar-refractivity contribution in [3.63, 3.8) is 0 Å². The average Bonchev–Trinajstić information content (AvgIpc) is 2.41. The summed E-state index contributed by atoms with van der Waals surface area (Å²) in [5.74, 6) is -0.237. The number of carbonyl (C=O) groups excluding carboxylic acids is 1. The van der Waals surface area contributed by atoms with Crippen molar-refractivity contribution < 1.29 is 17.9 Å². The molecule has 0 heterocycles. The topological polar surface area (TPSA) is 72.5 Å². The number of unbranched alkanes of at least 4 members (excludes halogenated alkanes) is 2. The lowest BCUT2D eigenvalue weighted by Crippen LogP contribution is -2.25. The summed E-state index contributed by atoms with van der Waals surface area (Å²) in [4.78, 5) is 11.2. The first-order valence-corrected chi connectivity index (χ1v) is 8.97. The van der Waals surface area contributed by atoms with Crippen molar-refractivity contribution in [3.8, 4) is 0 Å². The molecule has 1 rings (SSSR count). The van der Waals surface area contributed by atoms with E-state index in [-0.39, 0.29) is 10.9 Å². The minimum atomic E-state index is -3.50. The molecule has 7 heteroatoms. The van der Waals surface area contributed by atoms with E-state index < -0.39 is 10.0 Å². The first-order chi connectivity index (χ1) is 9.86. The second-order valence-electron chi connectivity index (χ2n) is 4.72. The molecule has 0 radical (unpaired) electrons. The third-order valence-corrected chi connectivity index (χ3v) is 5.39. The van der Waals surface area contributed by atoms with Crippen LogP contribution in [0.5, 0.6) is 0 Å². The second kappa shape index (κ2) is 8.51. The van der Waals surface area contributed by atoms with Gasteiger partial charge in [-0.05, 0) is 53.4 Å². The molecule has 0 saturated carbocycles. The Morgan fingerprint density at radius 2 is 2.00 bits per heavy atom. The van der Waals surface area contributed by atoms with Crippen LogP contribution >= 0.6 is 15.9 Å². The number of rotatable bonds is 8. The minimum absolute atomic E-state index is 0.237. The number of aryl methyl sites for hydroxylation is 1. The van der Waals surface area contributed by atoms with Crippen molar-refractivity contribution in [2.45, 2.75) is 37.5 Å². The van der Waals surface area contributed by atoms with Gasteiger partial charge in [-0.3, -0.25) is 4.79 Å². The van der Waals surface area contributed by atoms with Gasteiger partial charge in [0.1, 0.15) is 0 Å². The van der Waals surface area contributed by atoms with Gasteiger partial charge in [-0.25, -0.2) is 13.1 Å². The van der Waals surface area contributed by atoms with Crippen LogP contribution in [0.1, 0.15) is 31.2 Å². The summed E-state index contributed by atoms with van der Waals surface area (Å²) in [6.45, 7) is 2.25. The molecular formula is C14H20BrNO4S. The quantitative estimate of drug-likeness (QED) is 0.558. The second-order valence-corrected chi connectivity index (χ2v) is 7.31. The smallest absolute Gasteiger partial charge is 0.305 e. The van der Waals surface area contributed by atoms with Crippen molar-refractivity contribution in [2.24, 2.45) is 0 Å². The fraction of sp³-hybridized carbons (Fsp3) is 0.500. The largest absolute Gasteiger partial charge is 0.469 e. The molecule has 0 aromatic heterocycles. The summed E-state index contributed by atoms with van der Waals surface area (Å²) in [7, 11) is -2.15. The Hall–Kier alpha value is -0.920. The van der Waals surface area contributed by atoms with Gasteiger partial charge >= 0.3 is 5.97 Å². The maximum absolute atomic E-state index is 12.1. The lowest BCUT2D eigenvalue weighted by Gasteiger charge is -2.09. The highest BCUT2D eigenvalue weighted by Gasteiger charge is 2.16. The van der Waals surface area contributed by atoms with Gasteiger partial charge < -0.3 is 4.74 Å². The highest BCUT2D eigenvalue weighted by molar-refractivity contribution is 9.10. The van der Waals surface area contributed by atoms with Crippen LogP contribution in [-0.2, 0) is 19.6 Å². The van der Waals surface area contributed by atoms with E-state index in [4.69, 9.17) is 0 Å². The summed E-state index contributed by atoms with van der Waals surface area (Å²) < 4.78 is 31.9. The molecule has 0 aliphatic carbocycles. The molecule has 1 N–H and O–H groups in total. The van der Waals surface area contributed by atoms with E-state index in [9.17, 15) is 13.2 Å². The number of halogens is 1. The van der Waals surface area contributed by atoms with E-state index >= 15 is 0 Å². The number of ether oxygens (including phenoxy) is 1. The SMILES string of the molecule is COC(=O)CCCCCNS(=O)(=O)c1ccc(C)cc1Br. The number of nitrogens with one attached hydrogen (secondary N) is 1. The molecule has 5 nitrogen and oxygen atoms in total. The van der Waals surface area contributed by atoms with E-state index in [1.54, 1.807) is 18.2 Å². The van der Waals surface area contributed by atoms with Crippen molar-refractivity contribution in [3.05, 3.63) is 28.2 Å². The summed E-state index contributed by atoms with van der Waals surface area (Å²) in [5, 5.41) is 0. The molecule has 0 atom stereocenters. The molecule has 0 aliphatic heterocycles. The average molecular weight is 378 g/mol. The zero-order valence-corrected chi connectivity index (χ0v) is 14.6. The van der Waals surface area contributed by atoms with Crippen LogP contribution in [0.15, 0.2) is 27.6 Å². The molecule has 118 valence electrons. The highest BCUT2D eigenvalue weighted by Crippen LogP contribution is 2.22. The Bertz CT molecular complexity index is 587. The lowest BCUT2D eigenvalue weighted by atomic mass is 10.2. The number of esters is 1. The molecule has 0 unspecified atom stereocenters. The number of carbonyl (C=O) groups is 1. The Balaban J connectivity index is 2.42. The van der Waals surface area contributed by atoms with Crippen molar-refractivity contribution in [1.82, 2.24) is 4.72 Å². The molecular weight excluding hydrogens is 358 g/mol. The van der Waals surface area contributed by atoms with E-state index in [1.807, 2.05) is 6.92 Å². The van der Waals surface area contributed by atoms with Crippen molar-refractivity contribution in [1.29, 1.82) is 0 Å². The van der Waals surface area contributed by atoms with E-state index in [1.165, 1.54) is 7.11 Å². The fourth-order valence-corrected chi connectivity index (χ4v) is 4.05. The Kier molecular flexibility index (Phi) is 7.34. The van der Waals surface area contributed by atoms with Gasteiger partial charge in [-0.15, -0.1) is 0 Å². The highest BCUT2D eigenvalue weighted by atomic mass is 79.9. The number of sulfonamides is 1. The van der Waals surface area contributed by atoms with Gasteiger partial charge in [0.15, 0.2) is 0 Å². The molecule has 0 amide bonds. The minimum Gasteiger partial charge on any atom is -0.469 e.